The number of nitrogens with zero attached hydrogens (tertiary/aromatic N) is 3. The number of piperidine rings is 1. The number of nitrogen functional groups attached to an aromatic ring is 1. The first-order valence-electron chi connectivity index (χ1n) is 8.65. The highest BCUT2D eigenvalue weighted by atomic mass is 35.5. The molecule has 5 N–H and O–H groups in total. The standard InChI is InChI=1S/C17H25ClN6O/c18-14-3-1-12(2-4-14)9-15(11-25)20-10-13-5-7-24(8-6-13)17-21-16(19)22-23-17/h1-4,13,15,20,25H,5-11H2,(H3,19,21,22,23). The van der Waals surface area contributed by atoms with Gasteiger partial charge in [0.25, 0.3) is 0 Å². The molecule has 0 bridgehead atoms. The minimum absolute atomic E-state index is 0.0620. The van der Waals surface area contributed by atoms with Crippen molar-refractivity contribution in [2.75, 3.05) is 36.9 Å². The lowest BCUT2D eigenvalue weighted by molar-refractivity contribution is 0.231. The van der Waals surface area contributed by atoms with Crippen molar-refractivity contribution < 1.29 is 5.11 Å². The van der Waals surface area contributed by atoms with Crippen molar-refractivity contribution >= 4 is 23.5 Å². The molecule has 0 aliphatic carbocycles. The van der Waals surface area contributed by atoms with E-state index >= 15 is 0 Å². The third kappa shape index (κ3) is 5.07. The number of aliphatic hydroxyl groups excluding tert-OH is 1. The zero-order valence-corrected chi connectivity index (χ0v) is 14.9. The average molecular weight is 365 g/mol. The molecular formula is C17H25ClN6O. The van der Waals surface area contributed by atoms with Crippen LogP contribution in [0.2, 0.25) is 5.02 Å². The maximum Gasteiger partial charge on any atom is 0.246 e. The molecule has 136 valence electrons. The first-order chi connectivity index (χ1) is 12.1. The van der Waals surface area contributed by atoms with E-state index in [2.05, 4.69) is 25.4 Å². The molecule has 1 aromatic heterocycles. The molecule has 8 heteroatoms. The zero-order chi connectivity index (χ0) is 17.6. The van der Waals surface area contributed by atoms with Crippen molar-refractivity contribution in [3.63, 3.8) is 0 Å². The lowest BCUT2D eigenvalue weighted by Gasteiger charge is -2.32. The molecule has 1 unspecified atom stereocenters. The van der Waals surface area contributed by atoms with Crippen LogP contribution in [0.15, 0.2) is 24.3 Å². The summed E-state index contributed by atoms with van der Waals surface area (Å²) in [7, 11) is 0. The van der Waals surface area contributed by atoms with Crippen molar-refractivity contribution in [2.24, 2.45) is 5.92 Å². The van der Waals surface area contributed by atoms with Crippen LogP contribution < -0.4 is 16.0 Å². The van der Waals surface area contributed by atoms with E-state index in [0.717, 1.165) is 43.9 Å². The van der Waals surface area contributed by atoms with E-state index in [-0.39, 0.29) is 12.6 Å². The quantitative estimate of drug-likeness (QED) is 0.593. The monoisotopic (exact) mass is 364 g/mol. The van der Waals surface area contributed by atoms with Gasteiger partial charge in [0.05, 0.1) is 6.61 Å². The van der Waals surface area contributed by atoms with Gasteiger partial charge in [0.1, 0.15) is 0 Å². The van der Waals surface area contributed by atoms with E-state index in [4.69, 9.17) is 17.3 Å². The largest absolute Gasteiger partial charge is 0.395 e. The van der Waals surface area contributed by atoms with Crippen LogP contribution in [0.3, 0.4) is 0 Å². The molecule has 1 fully saturated rings. The number of benzene rings is 1. The predicted molar refractivity (Wildman–Crippen MR) is 99.8 cm³/mol. The van der Waals surface area contributed by atoms with Crippen molar-refractivity contribution in [2.45, 2.75) is 25.3 Å². The molecule has 1 atom stereocenters. The topological polar surface area (TPSA) is 103 Å². The molecule has 1 aliphatic rings. The Hall–Kier alpha value is -1.83. The summed E-state index contributed by atoms with van der Waals surface area (Å²) in [5.41, 5.74) is 6.76. The maximum absolute atomic E-state index is 9.64. The van der Waals surface area contributed by atoms with E-state index in [0.29, 0.717) is 17.8 Å². The van der Waals surface area contributed by atoms with Gasteiger partial charge in [0.15, 0.2) is 0 Å². The summed E-state index contributed by atoms with van der Waals surface area (Å²) in [5, 5.41) is 20.7. The zero-order valence-electron chi connectivity index (χ0n) is 14.2. The highest BCUT2D eigenvalue weighted by Crippen LogP contribution is 2.20. The second-order valence-corrected chi connectivity index (χ2v) is 7.01. The van der Waals surface area contributed by atoms with Crippen LogP contribution in [0, 0.1) is 5.92 Å². The van der Waals surface area contributed by atoms with E-state index in [1.165, 1.54) is 5.56 Å². The Labute approximate surface area is 152 Å². The molecule has 2 aromatic rings. The van der Waals surface area contributed by atoms with Crippen molar-refractivity contribution in [1.82, 2.24) is 20.5 Å². The van der Waals surface area contributed by atoms with Crippen molar-refractivity contribution in [3.8, 4) is 0 Å². The minimum Gasteiger partial charge on any atom is -0.395 e. The molecule has 0 spiro atoms. The molecule has 3 rings (SSSR count). The Balaban J connectivity index is 1.42. The molecule has 25 heavy (non-hydrogen) atoms. The molecule has 0 radical (unpaired) electrons. The highest BCUT2D eigenvalue weighted by Gasteiger charge is 2.22. The fraction of sp³-hybridized carbons (Fsp3) is 0.529. The lowest BCUT2D eigenvalue weighted by Crippen LogP contribution is -2.42. The molecule has 1 aliphatic heterocycles. The molecule has 2 heterocycles. The van der Waals surface area contributed by atoms with Crippen LogP contribution in [0.1, 0.15) is 18.4 Å². The second-order valence-electron chi connectivity index (χ2n) is 6.57. The molecule has 1 aromatic carbocycles. The van der Waals surface area contributed by atoms with Gasteiger partial charge in [-0.25, -0.2) is 5.10 Å². The van der Waals surface area contributed by atoms with Gasteiger partial charge in [-0.15, -0.1) is 5.10 Å². The highest BCUT2D eigenvalue weighted by molar-refractivity contribution is 6.30. The van der Waals surface area contributed by atoms with Gasteiger partial charge >= 0.3 is 0 Å². The first-order valence-corrected chi connectivity index (χ1v) is 9.03. The van der Waals surface area contributed by atoms with Gasteiger partial charge in [-0.05, 0) is 49.4 Å². The molecular weight excluding hydrogens is 340 g/mol. The normalized spacial score (nSPS) is 17.0. The number of hydrogen-bond donors (Lipinski definition) is 4. The summed E-state index contributed by atoms with van der Waals surface area (Å²) in [4.78, 5) is 6.33. The van der Waals surface area contributed by atoms with Crippen molar-refractivity contribution in [3.05, 3.63) is 34.9 Å². The molecule has 7 nitrogen and oxygen atoms in total. The lowest BCUT2D eigenvalue weighted by atomic mass is 9.96. The summed E-state index contributed by atoms with van der Waals surface area (Å²) in [6, 6.07) is 7.85. The van der Waals surface area contributed by atoms with E-state index < -0.39 is 0 Å². The maximum atomic E-state index is 9.64. The van der Waals surface area contributed by atoms with Crippen molar-refractivity contribution in [1.29, 1.82) is 0 Å². The fourth-order valence-corrected chi connectivity index (χ4v) is 3.31. The van der Waals surface area contributed by atoms with Crippen LogP contribution in [0.5, 0.6) is 0 Å². The Morgan fingerprint density at radius 1 is 1.32 bits per heavy atom. The third-order valence-corrected chi connectivity index (χ3v) is 4.95. The van der Waals surface area contributed by atoms with E-state index in [1.807, 2.05) is 24.3 Å². The summed E-state index contributed by atoms with van der Waals surface area (Å²) in [6.45, 7) is 2.87. The first kappa shape index (κ1) is 18.0. The number of H-pyrrole nitrogens is 1. The van der Waals surface area contributed by atoms with Gasteiger partial charge < -0.3 is 21.1 Å². The Bertz CT molecular complexity index is 653. The van der Waals surface area contributed by atoms with Crippen LogP contribution >= 0.6 is 11.6 Å². The SMILES string of the molecule is Nc1nc(N2CCC(CNC(CO)Cc3ccc(Cl)cc3)CC2)n[nH]1. The number of aromatic amines is 1. The molecule has 0 amide bonds. The Kier molecular flexibility index (Phi) is 6.12. The minimum atomic E-state index is 0.0620. The van der Waals surface area contributed by atoms with Gasteiger partial charge in [0.2, 0.25) is 11.9 Å². The number of halogens is 1. The summed E-state index contributed by atoms with van der Waals surface area (Å²) in [5.74, 6) is 1.62. The Morgan fingerprint density at radius 2 is 2.04 bits per heavy atom. The van der Waals surface area contributed by atoms with Crippen LogP contribution in [-0.4, -0.2) is 52.6 Å². The number of aliphatic hydroxyl groups is 1. The number of anilines is 2. The third-order valence-electron chi connectivity index (χ3n) is 4.70. The molecule has 0 saturated carbocycles. The van der Waals surface area contributed by atoms with Gasteiger partial charge in [-0.1, -0.05) is 23.7 Å². The number of aromatic nitrogens is 3. The average Bonchev–Trinajstić information content (AvgIpc) is 3.07. The van der Waals surface area contributed by atoms with Crippen LogP contribution in [0.4, 0.5) is 11.9 Å². The number of nitrogens with two attached hydrogens (primary N) is 1. The fourth-order valence-electron chi connectivity index (χ4n) is 3.18. The summed E-state index contributed by atoms with van der Waals surface area (Å²) in [6.07, 6.45) is 2.93. The van der Waals surface area contributed by atoms with Gasteiger partial charge in [-0.2, -0.15) is 4.98 Å². The number of nitrogens with one attached hydrogen (secondary N) is 2. The van der Waals surface area contributed by atoms with Crippen LogP contribution in [-0.2, 0) is 6.42 Å². The molecule has 1 saturated heterocycles. The Morgan fingerprint density at radius 3 is 2.64 bits per heavy atom. The number of hydrogen-bond acceptors (Lipinski definition) is 6. The second kappa shape index (κ2) is 8.51. The number of rotatable bonds is 7. The predicted octanol–water partition coefficient (Wildman–Crippen LogP) is 1.45. The smallest absolute Gasteiger partial charge is 0.246 e. The summed E-state index contributed by atoms with van der Waals surface area (Å²) >= 11 is 5.92. The van der Waals surface area contributed by atoms with Gasteiger partial charge in [-0.3, -0.25) is 0 Å². The van der Waals surface area contributed by atoms with E-state index in [1.54, 1.807) is 0 Å². The van der Waals surface area contributed by atoms with E-state index in [9.17, 15) is 5.11 Å². The van der Waals surface area contributed by atoms with Gasteiger partial charge in [0, 0.05) is 24.2 Å². The van der Waals surface area contributed by atoms with Crippen LogP contribution in [0.25, 0.3) is 0 Å². The summed E-state index contributed by atoms with van der Waals surface area (Å²) < 4.78 is 0.